The molecule has 0 aliphatic heterocycles. The molecule has 3 aromatic rings. The molecule has 1 saturated carbocycles. The molecule has 4 rings (SSSR count). The maximum atomic E-state index is 12.0. The van der Waals surface area contributed by atoms with Crippen LogP contribution >= 0.6 is 0 Å². The molecule has 1 amide bonds. The number of nitrogens with two attached hydrogens (primary N) is 1. The Hall–Kier alpha value is -3.67. The van der Waals surface area contributed by atoms with Crippen molar-refractivity contribution < 1.29 is 4.79 Å². The molecule has 0 bridgehead atoms. The number of nitrogens with zero attached hydrogens (tertiary/aromatic N) is 6. The number of aryl methyl sites for hydroxylation is 1. The maximum absolute atomic E-state index is 12.0. The minimum absolute atomic E-state index is 0.0535. The molecule has 9 heteroatoms. The number of amides is 1. The van der Waals surface area contributed by atoms with Crippen molar-refractivity contribution in [2.45, 2.75) is 31.7 Å². The first-order chi connectivity index (χ1) is 14.0. The largest absolute Gasteiger partial charge is 0.365 e. The van der Waals surface area contributed by atoms with Crippen LogP contribution < -0.4 is 11.1 Å². The zero-order chi connectivity index (χ0) is 20.4. The monoisotopic (exact) mass is 390 g/mol. The Morgan fingerprint density at radius 3 is 2.79 bits per heavy atom. The number of rotatable bonds is 5. The molecule has 3 N–H and O–H groups in total. The number of hydrogen-bond acceptors (Lipinski definition) is 6. The minimum Gasteiger partial charge on any atom is -0.365 e. The summed E-state index contributed by atoms with van der Waals surface area (Å²) in [5.41, 5.74) is 8.37. The van der Waals surface area contributed by atoms with Gasteiger partial charge in [0.2, 0.25) is 0 Å². The average molecular weight is 390 g/mol. The lowest BCUT2D eigenvalue weighted by molar-refractivity contribution is 0.100. The van der Waals surface area contributed by atoms with Gasteiger partial charge in [0.05, 0.1) is 36.1 Å². The number of primary amides is 1. The van der Waals surface area contributed by atoms with E-state index in [1.165, 1.54) is 0 Å². The normalized spacial score (nSPS) is 18.9. The lowest BCUT2D eigenvalue weighted by atomic mass is 9.85. The van der Waals surface area contributed by atoms with Crippen molar-refractivity contribution in [3.05, 3.63) is 42.6 Å². The van der Waals surface area contributed by atoms with Crippen LogP contribution in [0.1, 0.15) is 42.1 Å². The summed E-state index contributed by atoms with van der Waals surface area (Å²) in [5, 5.41) is 21.4. The molecule has 2 unspecified atom stereocenters. The number of hydrogen-bond donors (Lipinski definition) is 2. The Morgan fingerprint density at radius 1 is 1.24 bits per heavy atom. The van der Waals surface area contributed by atoms with E-state index in [1.807, 2.05) is 19.3 Å². The Bertz CT molecular complexity index is 1080. The highest BCUT2D eigenvalue weighted by molar-refractivity contribution is 5.98. The second kappa shape index (κ2) is 7.75. The summed E-state index contributed by atoms with van der Waals surface area (Å²) < 4.78 is 3.44. The first-order valence-electron chi connectivity index (χ1n) is 9.55. The summed E-state index contributed by atoms with van der Waals surface area (Å²) in [6, 6.07) is 4.23. The maximum Gasteiger partial charge on any atom is 0.254 e. The smallest absolute Gasteiger partial charge is 0.254 e. The van der Waals surface area contributed by atoms with Crippen molar-refractivity contribution in [1.29, 1.82) is 5.26 Å². The van der Waals surface area contributed by atoms with Crippen molar-refractivity contribution in [2.75, 3.05) is 5.32 Å². The van der Waals surface area contributed by atoms with Crippen LogP contribution in [0.3, 0.4) is 0 Å². The van der Waals surface area contributed by atoms with E-state index in [-0.39, 0.29) is 12.0 Å². The fourth-order valence-corrected chi connectivity index (χ4v) is 3.79. The van der Waals surface area contributed by atoms with Gasteiger partial charge >= 0.3 is 0 Å². The number of anilines is 2. The molecule has 0 aromatic carbocycles. The second-order valence-electron chi connectivity index (χ2n) is 7.31. The van der Waals surface area contributed by atoms with E-state index < -0.39 is 5.91 Å². The summed E-state index contributed by atoms with van der Waals surface area (Å²) in [4.78, 5) is 16.3. The number of pyridine rings is 1. The SMILES string of the molecule is Cn1cc(-c2cncc(Nc3nn(C4CCCCC4C#N)cc3C(N)=O)c2)cn1. The van der Waals surface area contributed by atoms with E-state index in [0.717, 1.165) is 36.8 Å². The van der Waals surface area contributed by atoms with E-state index in [0.29, 0.717) is 17.1 Å². The molecular weight excluding hydrogens is 368 g/mol. The van der Waals surface area contributed by atoms with Crippen LogP contribution in [0.2, 0.25) is 0 Å². The van der Waals surface area contributed by atoms with E-state index in [9.17, 15) is 10.1 Å². The van der Waals surface area contributed by atoms with Gasteiger partial charge in [-0.3, -0.25) is 19.1 Å². The third kappa shape index (κ3) is 3.82. The highest BCUT2D eigenvalue weighted by atomic mass is 16.1. The van der Waals surface area contributed by atoms with Crippen molar-refractivity contribution >= 4 is 17.4 Å². The molecule has 1 aliphatic rings. The zero-order valence-corrected chi connectivity index (χ0v) is 16.1. The molecule has 2 atom stereocenters. The zero-order valence-electron chi connectivity index (χ0n) is 16.1. The molecule has 148 valence electrons. The summed E-state index contributed by atoms with van der Waals surface area (Å²) in [6.45, 7) is 0. The predicted molar refractivity (Wildman–Crippen MR) is 107 cm³/mol. The summed E-state index contributed by atoms with van der Waals surface area (Å²) >= 11 is 0. The van der Waals surface area contributed by atoms with Gasteiger partial charge in [0.15, 0.2) is 5.82 Å². The van der Waals surface area contributed by atoms with Crippen molar-refractivity contribution in [3.63, 3.8) is 0 Å². The molecule has 3 heterocycles. The molecule has 0 radical (unpaired) electrons. The molecule has 29 heavy (non-hydrogen) atoms. The highest BCUT2D eigenvalue weighted by Gasteiger charge is 2.29. The van der Waals surface area contributed by atoms with E-state index >= 15 is 0 Å². The molecule has 0 saturated heterocycles. The third-order valence-electron chi connectivity index (χ3n) is 5.27. The van der Waals surface area contributed by atoms with Crippen LogP contribution in [-0.4, -0.2) is 30.5 Å². The van der Waals surface area contributed by atoms with E-state index in [4.69, 9.17) is 5.73 Å². The van der Waals surface area contributed by atoms with Crippen molar-refractivity contribution in [3.8, 4) is 17.2 Å². The van der Waals surface area contributed by atoms with Gasteiger partial charge in [0.25, 0.3) is 5.91 Å². The number of carbonyl (C=O) groups is 1. The van der Waals surface area contributed by atoms with Gasteiger partial charge < -0.3 is 11.1 Å². The Morgan fingerprint density at radius 2 is 2.07 bits per heavy atom. The first-order valence-corrected chi connectivity index (χ1v) is 9.55. The third-order valence-corrected chi connectivity index (χ3v) is 5.27. The number of aromatic nitrogens is 5. The average Bonchev–Trinajstić information content (AvgIpc) is 3.35. The van der Waals surface area contributed by atoms with Crippen molar-refractivity contribution in [1.82, 2.24) is 24.5 Å². The Kier molecular flexibility index (Phi) is 4.99. The molecule has 1 fully saturated rings. The van der Waals surface area contributed by atoms with Gasteiger partial charge in [0, 0.05) is 36.8 Å². The van der Waals surface area contributed by atoms with Gasteiger partial charge in [0.1, 0.15) is 5.56 Å². The number of nitrogens with one attached hydrogen (secondary N) is 1. The summed E-state index contributed by atoms with van der Waals surface area (Å²) in [6.07, 6.45) is 12.5. The van der Waals surface area contributed by atoms with Crippen molar-refractivity contribution in [2.24, 2.45) is 18.7 Å². The fraction of sp³-hybridized carbons (Fsp3) is 0.350. The van der Waals surface area contributed by atoms with Gasteiger partial charge in [-0.25, -0.2) is 0 Å². The van der Waals surface area contributed by atoms with Crippen LogP contribution in [0.5, 0.6) is 0 Å². The lowest BCUT2D eigenvalue weighted by Crippen LogP contribution is -2.22. The molecule has 9 nitrogen and oxygen atoms in total. The van der Waals surface area contributed by atoms with Crippen LogP contribution in [0.15, 0.2) is 37.1 Å². The topological polar surface area (TPSA) is 127 Å². The molecule has 3 aromatic heterocycles. The molecular formula is C20H22N8O. The second-order valence-corrected chi connectivity index (χ2v) is 7.31. The van der Waals surface area contributed by atoms with Crippen LogP contribution in [0, 0.1) is 17.2 Å². The highest BCUT2D eigenvalue weighted by Crippen LogP contribution is 2.34. The molecule has 1 aliphatic carbocycles. The summed E-state index contributed by atoms with van der Waals surface area (Å²) in [5.74, 6) is -0.322. The van der Waals surface area contributed by atoms with Gasteiger partial charge in [-0.15, -0.1) is 0 Å². The first kappa shape index (κ1) is 18.7. The van der Waals surface area contributed by atoms with Gasteiger partial charge in [-0.1, -0.05) is 12.8 Å². The van der Waals surface area contributed by atoms with Gasteiger partial charge in [-0.2, -0.15) is 15.5 Å². The number of carbonyl (C=O) groups excluding carboxylic acids is 1. The van der Waals surface area contributed by atoms with Crippen LogP contribution in [0.4, 0.5) is 11.5 Å². The molecule has 0 spiro atoms. The fourth-order valence-electron chi connectivity index (χ4n) is 3.79. The number of nitriles is 1. The standard InChI is InChI=1S/C20H22N8O/c1-27-11-15(9-24-27)14-6-16(10-23-8-14)25-20-17(19(22)29)12-28(26-20)18-5-3-2-4-13(18)7-21/h6,8-13,18H,2-5H2,1H3,(H2,22,29)(H,25,26). The van der Waals surface area contributed by atoms with Gasteiger partial charge in [-0.05, 0) is 18.9 Å². The van der Waals surface area contributed by atoms with E-state index in [2.05, 4.69) is 26.6 Å². The lowest BCUT2D eigenvalue weighted by Gasteiger charge is -2.26. The van der Waals surface area contributed by atoms with Crippen LogP contribution in [-0.2, 0) is 7.05 Å². The predicted octanol–water partition coefficient (Wildman–Crippen LogP) is 2.78. The summed E-state index contributed by atoms with van der Waals surface area (Å²) in [7, 11) is 1.85. The quantitative estimate of drug-likeness (QED) is 0.689. The Labute approximate surface area is 168 Å². The van der Waals surface area contributed by atoms with E-state index in [1.54, 1.807) is 34.2 Å². The minimum atomic E-state index is -0.570. The van der Waals surface area contributed by atoms with Crippen LogP contribution in [0.25, 0.3) is 11.1 Å². The Balaban J connectivity index is 1.64.